The highest BCUT2D eigenvalue weighted by Crippen LogP contribution is 2.20. The third-order valence-corrected chi connectivity index (χ3v) is 1.95. The summed E-state index contributed by atoms with van der Waals surface area (Å²) in [7, 11) is 1.68. The van der Waals surface area contributed by atoms with Crippen molar-refractivity contribution in [2.45, 2.75) is 34.1 Å². The van der Waals surface area contributed by atoms with Gasteiger partial charge in [-0.05, 0) is 22.9 Å². The molecule has 0 aliphatic carbocycles. The summed E-state index contributed by atoms with van der Waals surface area (Å²) in [4.78, 5) is 0. The molecule has 18 heavy (non-hydrogen) atoms. The van der Waals surface area contributed by atoms with Gasteiger partial charge in [0.25, 0.3) is 0 Å². The summed E-state index contributed by atoms with van der Waals surface area (Å²) in [6.07, 6.45) is 1.25. The van der Waals surface area contributed by atoms with Crippen molar-refractivity contribution in [3.63, 3.8) is 0 Å². The van der Waals surface area contributed by atoms with Gasteiger partial charge in [0.2, 0.25) is 0 Å². The maximum Gasteiger partial charge on any atom is 0.0858 e. The molecular formula is C16H24N2. The van der Waals surface area contributed by atoms with Crippen LogP contribution in [0.1, 0.15) is 34.1 Å². The van der Waals surface area contributed by atoms with Gasteiger partial charge in [-0.1, -0.05) is 64.4 Å². The Morgan fingerprint density at radius 3 is 2.00 bits per heavy atom. The molecule has 0 N–H and O–H groups in total. The van der Waals surface area contributed by atoms with Crippen molar-refractivity contribution in [1.82, 2.24) is 0 Å². The molecule has 0 aliphatic rings. The summed E-state index contributed by atoms with van der Waals surface area (Å²) < 4.78 is 0. The fraction of sp³-hybridized carbons (Fsp3) is 0.375. The largest absolute Gasteiger partial charge is 0.192 e. The van der Waals surface area contributed by atoms with E-state index >= 15 is 0 Å². The Morgan fingerprint density at radius 2 is 1.44 bits per heavy atom. The SMILES string of the molecule is CC.CCC.CN=Nc1ccc2ccccc2c1. The van der Waals surface area contributed by atoms with E-state index in [2.05, 4.69) is 42.3 Å². The molecule has 2 aromatic carbocycles. The first-order chi connectivity index (χ1) is 8.81. The number of nitrogens with zero attached hydrogens (tertiary/aromatic N) is 2. The Morgan fingerprint density at radius 1 is 0.889 bits per heavy atom. The number of fused-ring (bicyclic) bond motifs is 1. The third kappa shape index (κ3) is 5.58. The van der Waals surface area contributed by atoms with Gasteiger partial charge in [0.05, 0.1) is 5.69 Å². The Balaban J connectivity index is 0.000000509. The third-order valence-electron chi connectivity index (χ3n) is 1.95. The van der Waals surface area contributed by atoms with E-state index in [1.54, 1.807) is 7.05 Å². The van der Waals surface area contributed by atoms with Crippen molar-refractivity contribution in [1.29, 1.82) is 0 Å². The lowest BCUT2D eigenvalue weighted by Gasteiger charge is -1.97. The molecule has 0 bridgehead atoms. The Kier molecular flexibility index (Phi) is 9.47. The molecule has 0 aliphatic heterocycles. The summed E-state index contributed by atoms with van der Waals surface area (Å²) in [5, 5.41) is 10.2. The molecule has 0 heterocycles. The standard InChI is InChI=1S/C11H10N2.C3H8.C2H6/c1-12-13-11-7-6-9-4-2-3-5-10(9)8-11;1-3-2;1-2/h2-8H,1H3;3H2,1-2H3;1-2H3. The van der Waals surface area contributed by atoms with Gasteiger partial charge in [0.1, 0.15) is 0 Å². The number of benzene rings is 2. The van der Waals surface area contributed by atoms with E-state index in [-0.39, 0.29) is 0 Å². The second kappa shape index (κ2) is 10.5. The van der Waals surface area contributed by atoms with Crippen LogP contribution in [0.15, 0.2) is 52.7 Å². The number of azo groups is 1. The topological polar surface area (TPSA) is 24.7 Å². The van der Waals surface area contributed by atoms with Gasteiger partial charge in [-0.2, -0.15) is 10.2 Å². The number of rotatable bonds is 1. The normalized spacial score (nSPS) is 9.39. The lowest BCUT2D eigenvalue weighted by Crippen LogP contribution is -1.70. The highest BCUT2D eigenvalue weighted by molar-refractivity contribution is 5.84. The summed E-state index contributed by atoms with van der Waals surface area (Å²) in [6, 6.07) is 14.3. The molecule has 2 heteroatoms. The van der Waals surface area contributed by atoms with E-state index in [4.69, 9.17) is 0 Å². The van der Waals surface area contributed by atoms with Gasteiger partial charge in [-0.15, -0.1) is 0 Å². The second-order valence-corrected chi connectivity index (χ2v) is 3.54. The fourth-order valence-corrected chi connectivity index (χ4v) is 1.35. The van der Waals surface area contributed by atoms with Crippen LogP contribution in [0.4, 0.5) is 5.69 Å². The van der Waals surface area contributed by atoms with E-state index in [0.717, 1.165) is 5.69 Å². The van der Waals surface area contributed by atoms with Crippen molar-refractivity contribution in [2.75, 3.05) is 7.05 Å². The summed E-state index contributed by atoms with van der Waals surface area (Å²) in [5.41, 5.74) is 0.904. The first-order valence-corrected chi connectivity index (χ1v) is 6.60. The number of hydrogen-bond donors (Lipinski definition) is 0. The minimum Gasteiger partial charge on any atom is -0.192 e. The van der Waals surface area contributed by atoms with Crippen LogP contribution in [0, 0.1) is 0 Å². The van der Waals surface area contributed by atoms with Crippen LogP contribution >= 0.6 is 0 Å². The van der Waals surface area contributed by atoms with Gasteiger partial charge in [-0.3, -0.25) is 0 Å². The highest BCUT2D eigenvalue weighted by Gasteiger charge is 1.92. The quantitative estimate of drug-likeness (QED) is 0.550. The Hall–Kier alpha value is -1.70. The maximum atomic E-state index is 3.98. The molecule has 0 amide bonds. The minimum atomic E-state index is 0.904. The molecule has 0 saturated heterocycles. The van der Waals surface area contributed by atoms with Gasteiger partial charge in [0.15, 0.2) is 0 Å². The monoisotopic (exact) mass is 244 g/mol. The molecule has 2 rings (SSSR count). The van der Waals surface area contributed by atoms with Crippen molar-refractivity contribution in [3.8, 4) is 0 Å². The smallest absolute Gasteiger partial charge is 0.0858 e. The van der Waals surface area contributed by atoms with Crippen molar-refractivity contribution in [3.05, 3.63) is 42.5 Å². The average molecular weight is 244 g/mol. The van der Waals surface area contributed by atoms with Crippen LogP contribution in [-0.2, 0) is 0 Å². The highest BCUT2D eigenvalue weighted by atomic mass is 15.1. The van der Waals surface area contributed by atoms with Crippen LogP contribution in [0.5, 0.6) is 0 Å². The predicted molar refractivity (Wildman–Crippen MR) is 81.7 cm³/mol. The molecule has 98 valence electrons. The Bertz CT molecular complexity index is 461. The van der Waals surface area contributed by atoms with Crippen LogP contribution in [0.3, 0.4) is 0 Å². The second-order valence-electron chi connectivity index (χ2n) is 3.54. The van der Waals surface area contributed by atoms with E-state index < -0.39 is 0 Å². The first-order valence-electron chi connectivity index (χ1n) is 6.60. The van der Waals surface area contributed by atoms with Gasteiger partial charge in [-0.25, -0.2) is 0 Å². The fourth-order valence-electron chi connectivity index (χ4n) is 1.35. The van der Waals surface area contributed by atoms with Gasteiger partial charge >= 0.3 is 0 Å². The molecule has 0 atom stereocenters. The molecule has 0 radical (unpaired) electrons. The van der Waals surface area contributed by atoms with Crippen LogP contribution < -0.4 is 0 Å². The van der Waals surface area contributed by atoms with E-state index in [0.29, 0.717) is 0 Å². The average Bonchev–Trinajstić information content (AvgIpc) is 2.42. The van der Waals surface area contributed by atoms with E-state index in [1.807, 2.05) is 38.1 Å². The van der Waals surface area contributed by atoms with Crippen LogP contribution in [0.25, 0.3) is 10.8 Å². The van der Waals surface area contributed by atoms with E-state index in [1.165, 1.54) is 17.2 Å². The molecule has 0 fully saturated rings. The molecule has 2 aromatic rings. The first kappa shape index (κ1) is 16.3. The zero-order valence-electron chi connectivity index (χ0n) is 12.1. The van der Waals surface area contributed by atoms with Gasteiger partial charge < -0.3 is 0 Å². The van der Waals surface area contributed by atoms with Crippen LogP contribution in [-0.4, -0.2) is 7.05 Å². The van der Waals surface area contributed by atoms with Crippen molar-refractivity contribution >= 4 is 16.5 Å². The van der Waals surface area contributed by atoms with E-state index in [9.17, 15) is 0 Å². The number of hydrogen-bond acceptors (Lipinski definition) is 2. The predicted octanol–water partition coefficient (Wildman–Crippen LogP) is 6.00. The molecule has 0 aromatic heterocycles. The molecule has 0 saturated carbocycles. The maximum absolute atomic E-state index is 3.98. The lowest BCUT2D eigenvalue weighted by atomic mass is 10.1. The molecule has 0 unspecified atom stereocenters. The van der Waals surface area contributed by atoms with Gasteiger partial charge in [0, 0.05) is 7.05 Å². The van der Waals surface area contributed by atoms with Crippen molar-refractivity contribution < 1.29 is 0 Å². The Labute approximate surface area is 111 Å². The summed E-state index contributed by atoms with van der Waals surface area (Å²) >= 11 is 0. The molecule has 0 spiro atoms. The zero-order valence-corrected chi connectivity index (χ0v) is 12.1. The summed E-state index contributed by atoms with van der Waals surface area (Å²) in [5.74, 6) is 0. The zero-order chi connectivity index (χ0) is 13.8. The molecule has 2 nitrogen and oxygen atoms in total. The molecular weight excluding hydrogens is 220 g/mol. The lowest BCUT2D eigenvalue weighted by molar-refractivity contribution is 1.09. The minimum absolute atomic E-state index is 0.904. The van der Waals surface area contributed by atoms with Crippen molar-refractivity contribution in [2.24, 2.45) is 10.2 Å². The summed E-state index contributed by atoms with van der Waals surface area (Å²) in [6.45, 7) is 8.25. The van der Waals surface area contributed by atoms with Crippen LogP contribution in [0.2, 0.25) is 0 Å².